The first-order valence-electron chi connectivity index (χ1n) is 4.03. The second kappa shape index (κ2) is 4.24. The molecule has 0 atom stereocenters. The average molecular weight is 165 g/mol. The molecule has 12 heavy (non-hydrogen) atoms. The van der Waals surface area contributed by atoms with Gasteiger partial charge in [-0.15, -0.1) is 0 Å². The fourth-order valence-corrected chi connectivity index (χ4v) is 1.02. The third-order valence-electron chi connectivity index (χ3n) is 1.84. The molecule has 0 aromatic heterocycles. The second-order valence-electron chi connectivity index (χ2n) is 2.95. The Labute approximate surface area is 73.7 Å². The molecular weight excluding hydrogens is 150 g/mol. The van der Waals surface area contributed by atoms with E-state index in [1.807, 2.05) is 7.05 Å². The molecule has 0 radical (unpaired) electrons. The summed E-state index contributed by atoms with van der Waals surface area (Å²) in [5, 5.41) is 1.80. The van der Waals surface area contributed by atoms with Gasteiger partial charge in [0.1, 0.15) is 0 Å². The molecule has 0 aliphatic rings. The Balaban J connectivity index is 2.58. The summed E-state index contributed by atoms with van der Waals surface area (Å²) < 4.78 is 0. The molecule has 66 valence electrons. The molecule has 0 aliphatic carbocycles. The van der Waals surface area contributed by atoms with Crippen LogP contribution in [-0.2, 0) is 11.4 Å². The van der Waals surface area contributed by atoms with Gasteiger partial charge in [-0.25, -0.2) is 0 Å². The average Bonchev–Trinajstić information content (AvgIpc) is 2.09. The van der Waals surface area contributed by atoms with Crippen molar-refractivity contribution in [2.24, 2.45) is 0 Å². The molecule has 0 fully saturated rings. The fourth-order valence-electron chi connectivity index (χ4n) is 1.02. The summed E-state index contributed by atoms with van der Waals surface area (Å²) in [7, 11) is 3.59. The summed E-state index contributed by atoms with van der Waals surface area (Å²) in [4.78, 5) is 5.02. The molecular formula is C10H15NO. The molecule has 1 rings (SSSR count). The Morgan fingerprint density at radius 1 is 1.25 bits per heavy atom. The van der Waals surface area contributed by atoms with Crippen LogP contribution in [0.2, 0.25) is 0 Å². The molecule has 0 unspecified atom stereocenters. The Bertz CT molecular complexity index is 230. The van der Waals surface area contributed by atoms with Crippen LogP contribution in [0.5, 0.6) is 0 Å². The van der Waals surface area contributed by atoms with E-state index in [9.17, 15) is 0 Å². The van der Waals surface area contributed by atoms with E-state index in [1.165, 1.54) is 11.1 Å². The Morgan fingerprint density at radius 2 is 1.83 bits per heavy atom. The van der Waals surface area contributed by atoms with Gasteiger partial charge in [-0.05, 0) is 12.5 Å². The Morgan fingerprint density at radius 3 is 2.33 bits per heavy atom. The topological polar surface area (TPSA) is 12.5 Å². The maximum Gasteiger partial charge on any atom is 0.0575 e. The molecule has 1 aromatic rings. The lowest BCUT2D eigenvalue weighted by atomic mass is 10.1. The third kappa shape index (κ3) is 2.64. The molecule has 0 aliphatic heterocycles. The van der Waals surface area contributed by atoms with Crippen molar-refractivity contribution in [2.75, 3.05) is 14.2 Å². The molecule has 0 N–H and O–H groups in total. The van der Waals surface area contributed by atoms with Gasteiger partial charge in [0.15, 0.2) is 0 Å². The molecule has 0 saturated heterocycles. The lowest BCUT2D eigenvalue weighted by Crippen LogP contribution is -2.15. The van der Waals surface area contributed by atoms with E-state index in [0.717, 1.165) is 6.54 Å². The summed E-state index contributed by atoms with van der Waals surface area (Å²) >= 11 is 0. The lowest BCUT2D eigenvalue weighted by molar-refractivity contribution is -0.116. The predicted molar refractivity (Wildman–Crippen MR) is 49.7 cm³/mol. The first-order chi connectivity index (χ1) is 5.72. The van der Waals surface area contributed by atoms with Crippen LogP contribution in [0.15, 0.2) is 24.3 Å². The summed E-state index contributed by atoms with van der Waals surface area (Å²) in [6.07, 6.45) is 0. The summed E-state index contributed by atoms with van der Waals surface area (Å²) in [5.74, 6) is 0. The van der Waals surface area contributed by atoms with E-state index in [1.54, 1.807) is 12.2 Å². The van der Waals surface area contributed by atoms with E-state index >= 15 is 0 Å². The molecule has 0 saturated carbocycles. The van der Waals surface area contributed by atoms with E-state index in [0.29, 0.717) is 0 Å². The maximum absolute atomic E-state index is 5.02. The van der Waals surface area contributed by atoms with Gasteiger partial charge < -0.3 is 4.84 Å². The molecule has 0 heterocycles. The van der Waals surface area contributed by atoms with Crippen molar-refractivity contribution in [3.8, 4) is 0 Å². The number of benzene rings is 1. The minimum Gasteiger partial charge on any atom is -0.302 e. The standard InChI is InChI=1S/C10H15NO/c1-9-4-6-10(7-5-9)8-11(2)12-3/h4-7H,8H2,1-3H3. The Kier molecular flexibility index (Phi) is 3.26. The van der Waals surface area contributed by atoms with Gasteiger partial charge in [0.2, 0.25) is 0 Å². The smallest absolute Gasteiger partial charge is 0.0575 e. The van der Waals surface area contributed by atoms with Crippen molar-refractivity contribution < 1.29 is 4.84 Å². The minimum atomic E-state index is 0.830. The van der Waals surface area contributed by atoms with Crippen molar-refractivity contribution >= 4 is 0 Å². The van der Waals surface area contributed by atoms with Crippen molar-refractivity contribution in [3.63, 3.8) is 0 Å². The zero-order valence-corrected chi connectivity index (χ0v) is 7.87. The van der Waals surface area contributed by atoms with E-state index < -0.39 is 0 Å². The van der Waals surface area contributed by atoms with Crippen molar-refractivity contribution in [2.45, 2.75) is 13.5 Å². The van der Waals surface area contributed by atoms with Crippen LogP contribution in [0.1, 0.15) is 11.1 Å². The summed E-state index contributed by atoms with van der Waals surface area (Å²) in [6.45, 7) is 2.92. The van der Waals surface area contributed by atoms with Gasteiger partial charge in [-0.3, -0.25) is 0 Å². The largest absolute Gasteiger partial charge is 0.302 e. The third-order valence-corrected chi connectivity index (χ3v) is 1.84. The van der Waals surface area contributed by atoms with Gasteiger partial charge in [-0.2, -0.15) is 5.06 Å². The zero-order chi connectivity index (χ0) is 8.97. The van der Waals surface area contributed by atoms with Crippen LogP contribution in [0.3, 0.4) is 0 Å². The second-order valence-corrected chi connectivity index (χ2v) is 2.95. The van der Waals surface area contributed by atoms with Crippen LogP contribution in [-0.4, -0.2) is 19.2 Å². The van der Waals surface area contributed by atoms with E-state index in [2.05, 4.69) is 31.2 Å². The zero-order valence-electron chi connectivity index (χ0n) is 7.87. The van der Waals surface area contributed by atoms with Crippen LogP contribution in [0, 0.1) is 6.92 Å². The fraction of sp³-hybridized carbons (Fsp3) is 0.400. The van der Waals surface area contributed by atoms with Crippen molar-refractivity contribution in [1.82, 2.24) is 5.06 Å². The normalized spacial score (nSPS) is 10.7. The molecule has 0 bridgehead atoms. The number of hydroxylamine groups is 2. The number of aryl methyl sites for hydroxylation is 1. The molecule has 0 spiro atoms. The highest BCUT2D eigenvalue weighted by Crippen LogP contribution is 2.05. The van der Waals surface area contributed by atoms with E-state index in [-0.39, 0.29) is 0 Å². The monoisotopic (exact) mass is 165 g/mol. The molecule has 2 heteroatoms. The van der Waals surface area contributed by atoms with Crippen molar-refractivity contribution in [1.29, 1.82) is 0 Å². The minimum absolute atomic E-state index is 0.830. The van der Waals surface area contributed by atoms with E-state index in [4.69, 9.17) is 4.84 Å². The predicted octanol–water partition coefficient (Wildman–Crippen LogP) is 1.99. The molecule has 0 amide bonds. The highest BCUT2D eigenvalue weighted by Gasteiger charge is 1.96. The van der Waals surface area contributed by atoms with Crippen LogP contribution in [0.25, 0.3) is 0 Å². The summed E-state index contributed by atoms with van der Waals surface area (Å²) in [5.41, 5.74) is 2.56. The number of rotatable bonds is 3. The lowest BCUT2D eigenvalue weighted by Gasteiger charge is -2.12. The van der Waals surface area contributed by atoms with Crippen molar-refractivity contribution in [3.05, 3.63) is 35.4 Å². The van der Waals surface area contributed by atoms with Crippen LogP contribution < -0.4 is 0 Å². The summed E-state index contributed by atoms with van der Waals surface area (Å²) in [6, 6.07) is 8.45. The number of nitrogens with zero attached hydrogens (tertiary/aromatic N) is 1. The first kappa shape index (κ1) is 9.23. The first-order valence-corrected chi connectivity index (χ1v) is 4.03. The highest BCUT2D eigenvalue weighted by molar-refractivity contribution is 5.20. The Hall–Kier alpha value is -0.860. The van der Waals surface area contributed by atoms with Gasteiger partial charge in [0.25, 0.3) is 0 Å². The van der Waals surface area contributed by atoms with Gasteiger partial charge >= 0.3 is 0 Å². The van der Waals surface area contributed by atoms with Gasteiger partial charge in [0, 0.05) is 13.6 Å². The number of hydrogen-bond donors (Lipinski definition) is 0. The molecule has 2 nitrogen and oxygen atoms in total. The van der Waals surface area contributed by atoms with Crippen LogP contribution in [0.4, 0.5) is 0 Å². The van der Waals surface area contributed by atoms with Crippen LogP contribution >= 0.6 is 0 Å². The van der Waals surface area contributed by atoms with Gasteiger partial charge in [-0.1, -0.05) is 29.8 Å². The maximum atomic E-state index is 5.02. The number of hydrogen-bond acceptors (Lipinski definition) is 2. The SMILES string of the molecule is CON(C)Cc1ccc(C)cc1. The highest BCUT2D eigenvalue weighted by atomic mass is 16.7. The van der Waals surface area contributed by atoms with Gasteiger partial charge in [0.05, 0.1) is 7.11 Å². The quantitative estimate of drug-likeness (QED) is 0.635. The molecule has 1 aromatic carbocycles.